The van der Waals surface area contributed by atoms with Gasteiger partial charge in [0.05, 0.1) is 12.7 Å². The number of nitrogens with one attached hydrogen (secondary N) is 1. The number of methoxy groups -OCH3 is 1. The molecule has 0 aliphatic rings. The molecular formula is C17H25NO2Si. The zero-order chi connectivity index (χ0) is 16.4. The number of hydrogen-bond acceptors (Lipinski definition) is 3. The number of esters is 1. The average Bonchev–Trinajstić information content (AvgIpc) is 2.37. The second-order valence-corrected chi connectivity index (χ2v) is 11.0. The van der Waals surface area contributed by atoms with Crippen LogP contribution in [0.25, 0.3) is 0 Å². The molecule has 0 spiro atoms. The van der Waals surface area contributed by atoms with E-state index in [4.69, 9.17) is 4.74 Å². The van der Waals surface area contributed by atoms with Crippen LogP contribution in [-0.4, -0.2) is 28.2 Å². The fraction of sp³-hybridized carbons (Fsp3) is 0.471. The van der Waals surface area contributed by atoms with Gasteiger partial charge in [-0.05, 0) is 37.5 Å². The zero-order valence-corrected chi connectivity index (χ0v) is 15.3. The number of benzene rings is 1. The van der Waals surface area contributed by atoms with E-state index in [0.717, 1.165) is 27.9 Å². The lowest BCUT2D eigenvalue weighted by Gasteiger charge is -2.18. The predicted octanol–water partition coefficient (Wildman–Crippen LogP) is 3.67. The van der Waals surface area contributed by atoms with Gasteiger partial charge in [-0.1, -0.05) is 25.6 Å². The van der Waals surface area contributed by atoms with Crippen molar-refractivity contribution >= 4 is 19.7 Å². The molecule has 1 rings (SSSR count). The zero-order valence-electron chi connectivity index (χ0n) is 14.3. The number of carbonyl (C=O) groups excluding carboxylic acids is 1. The topological polar surface area (TPSA) is 38.3 Å². The van der Waals surface area contributed by atoms with Gasteiger partial charge in [-0.3, -0.25) is 0 Å². The first-order chi connectivity index (χ1) is 9.64. The lowest BCUT2D eigenvalue weighted by molar-refractivity contribution is 0.0599. The summed E-state index contributed by atoms with van der Waals surface area (Å²) in [7, 11) is 1.80. The second kappa shape index (κ2) is 6.36. The standard InChI is InChI=1S/C17H25NO2Si/c1-11-14(9-10-21(6,7)8)12(2)16(18-4)13(3)15(11)17(19)20-5/h18H,1-8H3. The lowest BCUT2D eigenvalue weighted by Crippen LogP contribution is -2.17. The summed E-state index contributed by atoms with van der Waals surface area (Å²) in [6.07, 6.45) is 0. The first kappa shape index (κ1) is 17.3. The van der Waals surface area contributed by atoms with E-state index in [1.54, 1.807) is 0 Å². The molecule has 0 heterocycles. The van der Waals surface area contributed by atoms with Crippen LogP contribution in [0.4, 0.5) is 5.69 Å². The van der Waals surface area contributed by atoms with Crippen molar-refractivity contribution < 1.29 is 9.53 Å². The molecule has 0 unspecified atom stereocenters. The summed E-state index contributed by atoms with van der Waals surface area (Å²) in [6, 6.07) is 0. The third-order valence-electron chi connectivity index (χ3n) is 3.45. The van der Waals surface area contributed by atoms with Gasteiger partial charge in [-0.25, -0.2) is 4.79 Å². The molecule has 0 radical (unpaired) electrons. The second-order valence-electron chi connectivity index (χ2n) is 6.24. The van der Waals surface area contributed by atoms with Crippen LogP contribution in [-0.2, 0) is 4.74 Å². The van der Waals surface area contributed by atoms with Crippen molar-refractivity contribution in [2.24, 2.45) is 0 Å². The molecule has 0 amide bonds. The Balaban J connectivity index is 3.71. The van der Waals surface area contributed by atoms with Crippen molar-refractivity contribution in [2.45, 2.75) is 40.4 Å². The Bertz CT molecular complexity index is 631. The minimum Gasteiger partial charge on any atom is -0.465 e. The summed E-state index contributed by atoms with van der Waals surface area (Å²) in [5.41, 5.74) is 8.81. The van der Waals surface area contributed by atoms with Crippen LogP contribution in [0.3, 0.4) is 0 Å². The molecule has 1 aromatic carbocycles. The van der Waals surface area contributed by atoms with E-state index < -0.39 is 8.07 Å². The van der Waals surface area contributed by atoms with E-state index in [0.29, 0.717) is 5.56 Å². The molecular weight excluding hydrogens is 278 g/mol. The quantitative estimate of drug-likeness (QED) is 0.515. The van der Waals surface area contributed by atoms with Gasteiger partial charge in [0, 0.05) is 18.3 Å². The third-order valence-corrected chi connectivity index (χ3v) is 4.33. The molecule has 0 aromatic heterocycles. The highest BCUT2D eigenvalue weighted by Crippen LogP contribution is 2.31. The van der Waals surface area contributed by atoms with Gasteiger partial charge in [0.15, 0.2) is 0 Å². The number of carbonyl (C=O) groups is 1. The molecule has 0 saturated carbocycles. The van der Waals surface area contributed by atoms with Gasteiger partial charge in [0.25, 0.3) is 0 Å². The Hall–Kier alpha value is -1.73. The van der Waals surface area contributed by atoms with Crippen LogP contribution in [0.2, 0.25) is 19.6 Å². The monoisotopic (exact) mass is 303 g/mol. The van der Waals surface area contributed by atoms with Gasteiger partial charge in [0.2, 0.25) is 0 Å². The molecule has 21 heavy (non-hydrogen) atoms. The first-order valence-electron chi connectivity index (χ1n) is 7.07. The maximum Gasteiger partial charge on any atom is 0.338 e. The Morgan fingerprint density at radius 1 is 1.10 bits per heavy atom. The number of rotatable bonds is 2. The van der Waals surface area contributed by atoms with Crippen LogP contribution in [0.15, 0.2) is 0 Å². The van der Waals surface area contributed by atoms with Crippen LogP contribution in [0, 0.1) is 32.2 Å². The Labute approximate surface area is 129 Å². The van der Waals surface area contributed by atoms with E-state index in [1.807, 2.05) is 27.8 Å². The van der Waals surface area contributed by atoms with Crippen LogP contribution < -0.4 is 5.32 Å². The molecule has 1 N–H and O–H groups in total. The summed E-state index contributed by atoms with van der Waals surface area (Å²) >= 11 is 0. The van der Waals surface area contributed by atoms with Gasteiger partial charge in [0.1, 0.15) is 8.07 Å². The molecule has 0 aliphatic heterocycles. The molecule has 0 saturated heterocycles. The molecule has 3 nitrogen and oxygen atoms in total. The maximum atomic E-state index is 12.1. The molecule has 1 aromatic rings. The van der Waals surface area contributed by atoms with Gasteiger partial charge in [-0.15, -0.1) is 5.54 Å². The van der Waals surface area contributed by atoms with Crippen molar-refractivity contribution in [3.63, 3.8) is 0 Å². The van der Waals surface area contributed by atoms with Crippen molar-refractivity contribution in [1.29, 1.82) is 0 Å². The summed E-state index contributed by atoms with van der Waals surface area (Å²) in [6.45, 7) is 12.5. The Morgan fingerprint density at radius 2 is 1.67 bits per heavy atom. The number of hydrogen-bond donors (Lipinski definition) is 1. The van der Waals surface area contributed by atoms with Gasteiger partial charge < -0.3 is 10.1 Å². The Kier molecular flexibility index (Phi) is 5.24. The summed E-state index contributed by atoms with van der Waals surface area (Å²) < 4.78 is 4.93. The van der Waals surface area contributed by atoms with E-state index in [9.17, 15) is 4.79 Å². The minimum absolute atomic E-state index is 0.308. The first-order valence-corrected chi connectivity index (χ1v) is 10.6. The fourth-order valence-electron chi connectivity index (χ4n) is 2.44. The molecule has 0 aliphatic carbocycles. The third kappa shape index (κ3) is 3.67. The smallest absolute Gasteiger partial charge is 0.338 e. The highest BCUT2D eigenvalue weighted by Gasteiger charge is 2.21. The highest BCUT2D eigenvalue weighted by atomic mass is 28.3. The fourth-order valence-corrected chi connectivity index (χ4v) is 2.94. The number of anilines is 1. The van der Waals surface area contributed by atoms with E-state index in [1.165, 1.54) is 7.11 Å². The largest absolute Gasteiger partial charge is 0.465 e. The maximum absolute atomic E-state index is 12.1. The normalized spacial score (nSPS) is 10.7. The Morgan fingerprint density at radius 3 is 2.10 bits per heavy atom. The van der Waals surface area contributed by atoms with Crippen molar-refractivity contribution in [3.8, 4) is 11.5 Å². The van der Waals surface area contributed by atoms with Crippen LogP contribution >= 0.6 is 0 Å². The minimum atomic E-state index is -1.48. The van der Waals surface area contributed by atoms with Crippen molar-refractivity contribution in [2.75, 3.05) is 19.5 Å². The SMILES string of the molecule is CNc1c(C)c(C#C[Si](C)(C)C)c(C)c(C(=O)OC)c1C. The molecule has 0 fully saturated rings. The van der Waals surface area contributed by atoms with Gasteiger partial charge >= 0.3 is 5.97 Å². The molecule has 4 heteroatoms. The van der Waals surface area contributed by atoms with Gasteiger partial charge in [-0.2, -0.15) is 0 Å². The van der Waals surface area contributed by atoms with Crippen molar-refractivity contribution in [1.82, 2.24) is 0 Å². The summed E-state index contributed by atoms with van der Waals surface area (Å²) in [4.78, 5) is 12.1. The van der Waals surface area contributed by atoms with Crippen molar-refractivity contribution in [3.05, 3.63) is 27.8 Å². The molecule has 0 bridgehead atoms. The lowest BCUT2D eigenvalue weighted by atomic mass is 9.91. The van der Waals surface area contributed by atoms with E-state index in [2.05, 4.69) is 36.4 Å². The molecule has 0 atom stereocenters. The number of ether oxygens (including phenoxy) is 1. The molecule has 114 valence electrons. The van der Waals surface area contributed by atoms with Crippen LogP contribution in [0.1, 0.15) is 32.6 Å². The predicted molar refractivity (Wildman–Crippen MR) is 91.8 cm³/mol. The summed E-state index contributed by atoms with van der Waals surface area (Å²) in [5.74, 6) is 3.00. The van der Waals surface area contributed by atoms with Crippen LogP contribution in [0.5, 0.6) is 0 Å². The van der Waals surface area contributed by atoms with E-state index >= 15 is 0 Å². The summed E-state index contributed by atoms with van der Waals surface area (Å²) in [5, 5.41) is 3.18. The van der Waals surface area contributed by atoms with E-state index in [-0.39, 0.29) is 5.97 Å². The highest BCUT2D eigenvalue weighted by molar-refractivity contribution is 6.83. The average molecular weight is 303 g/mol.